The molecule has 18 heavy (non-hydrogen) atoms. The van der Waals surface area contributed by atoms with Gasteiger partial charge < -0.3 is 9.72 Å². The molecular formula is C15H18N2O. The molecule has 1 aliphatic heterocycles. The van der Waals surface area contributed by atoms with Crippen LogP contribution < -0.4 is 4.74 Å². The van der Waals surface area contributed by atoms with Gasteiger partial charge in [0.15, 0.2) is 0 Å². The summed E-state index contributed by atoms with van der Waals surface area (Å²) in [5, 5.41) is 0. The molecule has 0 spiro atoms. The van der Waals surface area contributed by atoms with Gasteiger partial charge in [0.1, 0.15) is 12.4 Å². The number of ether oxygens (including phenoxy) is 1. The minimum atomic E-state index is 0.287. The third kappa shape index (κ3) is 2.01. The van der Waals surface area contributed by atoms with Crippen LogP contribution in [0.15, 0.2) is 24.5 Å². The van der Waals surface area contributed by atoms with E-state index < -0.39 is 0 Å². The van der Waals surface area contributed by atoms with Gasteiger partial charge >= 0.3 is 0 Å². The van der Waals surface area contributed by atoms with E-state index in [-0.39, 0.29) is 5.41 Å². The number of aromatic nitrogens is 2. The Morgan fingerprint density at radius 3 is 2.94 bits per heavy atom. The van der Waals surface area contributed by atoms with Crippen LogP contribution in [0, 0.1) is 5.41 Å². The highest BCUT2D eigenvalue weighted by Gasteiger charge is 2.21. The van der Waals surface area contributed by atoms with Crippen molar-refractivity contribution in [2.24, 2.45) is 5.41 Å². The second-order valence-electron chi connectivity index (χ2n) is 6.08. The van der Waals surface area contributed by atoms with E-state index in [0.717, 1.165) is 17.7 Å². The Morgan fingerprint density at radius 1 is 1.33 bits per heavy atom. The van der Waals surface area contributed by atoms with Crippen LogP contribution in [0.1, 0.15) is 32.2 Å². The molecule has 0 fully saturated rings. The highest BCUT2D eigenvalue weighted by molar-refractivity contribution is 5.74. The van der Waals surface area contributed by atoms with Gasteiger partial charge in [-0.2, -0.15) is 0 Å². The first-order valence-corrected chi connectivity index (χ1v) is 6.31. The van der Waals surface area contributed by atoms with Crippen molar-refractivity contribution >= 4 is 0 Å². The summed E-state index contributed by atoms with van der Waals surface area (Å²) in [4.78, 5) is 7.59. The lowest BCUT2D eigenvalue weighted by atomic mass is 9.90. The first-order chi connectivity index (χ1) is 8.53. The number of nitrogens with zero attached hydrogens (tertiary/aromatic N) is 1. The van der Waals surface area contributed by atoms with E-state index >= 15 is 0 Å². The minimum Gasteiger partial charge on any atom is -0.485 e. The van der Waals surface area contributed by atoms with Crippen LogP contribution in [0.3, 0.4) is 0 Å². The van der Waals surface area contributed by atoms with Crippen molar-refractivity contribution in [3.05, 3.63) is 35.9 Å². The monoisotopic (exact) mass is 242 g/mol. The molecule has 0 bridgehead atoms. The van der Waals surface area contributed by atoms with Crippen LogP contribution in [-0.4, -0.2) is 9.97 Å². The van der Waals surface area contributed by atoms with Gasteiger partial charge in [0.25, 0.3) is 0 Å². The summed E-state index contributed by atoms with van der Waals surface area (Å²) in [5.74, 6) is 0.881. The Labute approximate surface area is 107 Å². The summed E-state index contributed by atoms with van der Waals surface area (Å²) < 4.78 is 5.70. The molecule has 3 rings (SSSR count). The molecule has 94 valence electrons. The van der Waals surface area contributed by atoms with Crippen molar-refractivity contribution < 1.29 is 4.74 Å². The SMILES string of the molecule is CC(C)(C)Cc1cc2c([nH]1)COc1cnccc1-2. The topological polar surface area (TPSA) is 37.9 Å². The van der Waals surface area contributed by atoms with E-state index in [9.17, 15) is 0 Å². The summed E-state index contributed by atoms with van der Waals surface area (Å²) in [6, 6.07) is 4.27. The smallest absolute Gasteiger partial charge is 0.146 e. The number of fused-ring (bicyclic) bond motifs is 3. The van der Waals surface area contributed by atoms with Gasteiger partial charge in [0, 0.05) is 23.0 Å². The molecule has 2 aromatic heterocycles. The first kappa shape index (κ1) is 11.3. The van der Waals surface area contributed by atoms with Crippen LogP contribution in [-0.2, 0) is 13.0 Å². The Bertz CT molecular complexity index is 578. The van der Waals surface area contributed by atoms with Crippen molar-refractivity contribution in [1.82, 2.24) is 9.97 Å². The molecule has 0 atom stereocenters. The lowest BCUT2D eigenvalue weighted by Crippen LogP contribution is -2.09. The molecule has 0 amide bonds. The average molecular weight is 242 g/mol. The second-order valence-corrected chi connectivity index (χ2v) is 6.08. The number of nitrogens with one attached hydrogen (secondary N) is 1. The third-order valence-corrected chi connectivity index (χ3v) is 3.12. The Morgan fingerprint density at radius 2 is 2.17 bits per heavy atom. The van der Waals surface area contributed by atoms with E-state index in [1.165, 1.54) is 17.0 Å². The van der Waals surface area contributed by atoms with E-state index in [1.54, 1.807) is 6.20 Å². The van der Waals surface area contributed by atoms with E-state index in [4.69, 9.17) is 4.74 Å². The molecule has 3 nitrogen and oxygen atoms in total. The fraction of sp³-hybridized carbons (Fsp3) is 0.400. The molecule has 0 radical (unpaired) electrons. The van der Waals surface area contributed by atoms with Gasteiger partial charge in [-0.1, -0.05) is 20.8 Å². The van der Waals surface area contributed by atoms with E-state index in [2.05, 4.69) is 36.8 Å². The molecule has 0 aromatic carbocycles. The lowest BCUT2D eigenvalue weighted by Gasteiger charge is -2.16. The number of rotatable bonds is 1. The van der Waals surface area contributed by atoms with Gasteiger partial charge in [-0.25, -0.2) is 0 Å². The van der Waals surface area contributed by atoms with Crippen LogP contribution in [0.25, 0.3) is 11.1 Å². The molecule has 1 N–H and O–H groups in total. The summed E-state index contributed by atoms with van der Waals surface area (Å²) in [7, 11) is 0. The second kappa shape index (κ2) is 3.87. The van der Waals surface area contributed by atoms with Crippen LogP contribution in [0.5, 0.6) is 5.75 Å². The van der Waals surface area contributed by atoms with Crippen molar-refractivity contribution in [3.63, 3.8) is 0 Å². The highest BCUT2D eigenvalue weighted by atomic mass is 16.5. The van der Waals surface area contributed by atoms with E-state index in [0.29, 0.717) is 6.61 Å². The molecule has 0 saturated carbocycles. The molecule has 3 heterocycles. The molecule has 3 heteroatoms. The maximum atomic E-state index is 5.70. The maximum absolute atomic E-state index is 5.70. The van der Waals surface area contributed by atoms with Crippen molar-refractivity contribution in [3.8, 4) is 16.9 Å². The number of aromatic amines is 1. The van der Waals surface area contributed by atoms with Gasteiger partial charge in [-0.05, 0) is 24.0 Å². The zero-order chi connectivity index (χ0) is 12.8. The molecule has 0 saturated heterocycles. The van der Waals surface area contributed by atoms with Crippen molar-refractivity contribution in [1.29, 1.82) is 0 Å². The summed E-state index contributed by atoms with van der Waals surface area (Å²) in [6.45, 7) is 7.36. The van der Waals surface area contributed by atoms with Crippen LogP contribution in [0.2, 0.25) is 0 Å². The minimum absolute atomic E-state index is 0.287. The van der Waals surface area contributed by atoms with Crippen molar-refractivity contribution in [2.45, 2.75) is 33.8 Å². The number of hydrogen-bond acceptors (Lipinski definition) is 2. The number of pyridine rings is 1. The normalized spacial score (nSPS) is 13.7. The molecule has 1 aliphatic rings. The molecule has 0 unspecified atom stereocenters. The van der Waals surface area contributed by atoms with Crippen molar-refractivity contribution in [2.75, 3.05) is 0 Å². The standard InChI is InChI=1S/C15H18N2O/c1-15(2,3)7-10-6-12-11-4-5-16-8-14(11)18-9-13(12)17-10/h4-6,8,17H,7,9H2,1-3H3. The van der Waals surface area contributed by atoms with Gasteiger partial charge in [0.05, 0.1) is 11.9 Å². The quantitative estimate of drug-likeness (QED) is 0.830. The predicted octanol–water partition coefficient (Wildman–Crippen LogP) is 3.56. The van der Waals surface area contributed by atoms with Crippen LogP contribution in [0.4, 0.5) is 0 Å². The molecule has 2 aromatic rings. The van der Waals surface area contributed by atoms with Gasteiger partial charge in [-0.3, -0.25) is 4.98 Å². The Hall–Kier alpha value is -1.77. The largest absolute Gasteiger partial charge is 0.485 e. The molecule has 0 aliphatic carbocycles. The fourth-order valence-electron chi connectivity index (χ4n) is 2.45. The summed E-state index contributed by atoms with van der Waals surface area (Å²) in [5.41, 5.74) is 5.14. The van der Waals surface area contributed by atoms with Gasteiger partial charge in [0.2, 0.25) is 0 Å². The zero-order valence-corrected chi connectivity index (χ0v) is 11.1. The molecular weight excluding hydrogens is 224 g/mol. The Balaban J connectivity index is 2.02. The lowest BCUT2D eigenvalue weighted by molar-refractivity contribution is 0.296. The number of H-pyrrole nitrogens is 1. The predicted molar refractivity (Wildman–Crippen MR) is 71.5 cm³/mol. The summed E-state index contributed by atoms with van der Waals surface area (Å²) >= 11 is 0. The fourth-order valence-corrected chi connectivity index (χ4v) is 2.45. The Kier molecular flexibility index (Phi) is 2.44. The maximum Gasteiger partial charge on any atom is 0.146 e. The van der Waals surface area contributed by atoms with E-state index in [1.807, 2.05) is 12.3 Å². The summed E-state index contributed by atoms with van der Waals surface area (Å²) in [6.07, 6.45) is 4.64. The number of hydrogen-bond donors (Lipinski definition) is 1. The van der Waals surface area contributed by atoms with Crippen LogP contribution >= 0.6 is 0 Å². The first-order valence-electron chi connectivity index (χ1n) is 6.31. The third-order valence-electron chi connectivity index (χ3n) is 3.12. The highest BCUT2D eigenvalue weighted by Crippen LogP contribution is 2.37. The average Bonchev–Trinajstić information content (AvgIpc) is 2.69. The zero-order valence-electron chi connectivity index (χ0n) is 11.1. The van der Waals surface area contributed by atoms with Gasteiger partial charge in [-0.15, -0.1) is 0 Å².